The van der Waals surface area contributed by atoms with E-state index in [9.17, 15) is 0 Å². The quantitative estimate of drug-likeness (QED) is 0.814. The fourth-order valence-electron chi connectivity index (χ4n) is 1.81. The van der Waals surface area contributed by atoms with Crippen LogP contribution < -0.4 is 0 Å². The predicted octanol–water partition coefficient (Wildman–Crippen LogP) is 3.73. The number of rotatable bonds is 6. The van der Waals surface area contributed by atoms with Gasteiger partial charge < -0.3 is 0 Å². The maximum absolute atomic E-state index is 6.20. The van der Waals surface area contributed by atoms with E-state index in [1.165, 1.54) is 0 Å². The number of thioether (sulfide) groups is 1. The summed E-state index contributed by atoms with van der Waals surface area (Å²) < 4.78 is 1.87. The van der Waals surface area contributed by atoms with Gasteiger partial charge in [0.1, 0.15) is 0 Å². The highest BCUT2D eigenvalue weighted by atomic mass is 35.5. The largest absolute Gasteiger partial charge is 0.229 e. The number of halogens is 1. The van der Waals surface area contributed by atoms with Crippen LogP contribution in [0.5, 0.6) is 0 Å². The lowest BCUT2D eigenvalue weighted by molar-refractivity contribution is 0.564. The fourth-order valence-corrected chi connectivity index (χ4v) is 3.16. The molecule has 4 nitrogen and oxygen atoms in total. The first-order valence-corrected chi connectivity index (χ1v) is 7.76. The lowest BCUT2D eigenvalue weighted by Crippen LogP contribution is -2.04. The van der Waals surface area contributed by atoms with Crippen molar-refractivity contribution in [3.05, 3.63) is 40.7 Å². The van der Waals surface area contributed by atoms with Gasteiger partial charge in [-0.3, -0.25) is 0 Å². The van der Waals surface area contributed by atoms with Crippen LogP contribution in [0.4, 0.5) is 0 Å². The Morgan fingerprint density at radius 2 is 2.16 bits per heavy atom. The Kier molecular flexibility index (Phi) is 5.22. The van der Waals surface area contributed by atoms with Crippen molar-refractivity contribution >= 4 is 23.4 Å². The van der Waals surface area contributed by atoms with Crippen LogP contribution in [0, 0.1) is 0 Å². The predicted molar refractivity (Wildman–Crippen MR) is 79.3 cm³/mol. The highest BCUT2D eigenvalue weighted by Gasteiger charge is 2.12. The SMILES string of the molecule is CCCn1nnnc1CSC(C)c1ccccc1Cl. The number of hydrogen-bond donors (Lipinski definition) is 0. The molecule has 0 saturated heterocycles. The summed E-state index contributed by atoms with van der Waals surface area (Å²) in [7, 11) is 0. The summed E-state index contributed by atoms with van der Waals surface area (Å²) in [5.41, 5.74) is 1.16. The van der Waals surface area contributed by atoms with E-state index in [1.54, 1.807) is 11.8 Å². The number of benzene rings is 1. The van der Waals surface area contributed by atoms with E-state index in [-0.39, 0.29) is 0 Å². The molecule has 102 valence electrons. The van der Waals surface area contributed by atoms with Gasteiger partial charge in [0.15, 0.2) is 5.82 Å². The number of aromatic nitrogens is 4. The highest BCUT2D eigenvalue weighted by molar-refractivity contribution is 7.98. The van der Waals surface area contributed by atoms with Crippen molar-refractivity contribution in [1.29, 1.82) is 0 Å². The molecular formula is C13H17ClN4S. The Labute approximate surface area is 122 Å². The number of nitrogens with zero attached hydrogens (tertiary/aromatic N) is 4. The van der Waals surface area contributed by atoms with Gasteiger partial charge in [-0.05, 0) is 35.4 Å². The molecule has 0 aliphatic rings. The summed E-state index contributed by atoms with van der Waals surface area (Å²) in [5.74, 6) is 1.71. The van der Waals surface area contributed by atoms with Gasteiger partial charge in [-0.25, -0.2) is 4.68 Å². The standard InChI is InChI=1S/C13H17ClN4S/c1-3-8-18-13(15-16-17-18)9-19-10(2)11-6-4-5-7-12(11)14/h4-7,10H,3,8-9H2,1-2H3. The minimum Gasteiger partial charge on any atom is -0.229 e. The van der Waals surface area contributed by atoms with E-state index in [4.69, 9.17) is 11.6 Å². The first-order chi connectivity index (χ1) is 9.22. The smallest absolute Gasteiger partial charge is 0.161 e. The molecule has 2 aromatic rings. The summed E-state index contributed by atoms with van der Waals surface area (Å²) in [6.45, 7) is 5.13. The van der Waals surface area contributed by atoms with Crippen LogP contribution in [0.1, 0.15) is 36.9 Å². The molecule has 0 N–H and O–H groups in total. The molecule has 6 heteroatoms. The third-order valence-electron chi connectivity index (χ3n) is 2.85. The molecule has 0 bridgehead atoms. The van der Waals surface area contributed by atoms with Crippen LogP contribution in [-0.2, 0) is 12.3 Å². The Hall–Kier alpha value is -1.07. The second-order valence-corrected chi connectivity index (χ2v) is 6.03. The van der Waals surface area contributed by atoms with Crippen LogP contribution in [0.3, 0.4) is 0 Å². The van der Waals surface area contributed by atoms with Gasteiger partial charge >= 0.3 is 0 Å². The van der Waals surface area contributed by atoms with Crippen molar-refractivity contribution in [2.75, 3.05) is 0 Å². The molecule has 0 aliphatic heterocycles. The molecule has 1 heterocycles. The summed E-state index contributed by atoms with van der Waals surface area (Å²) in [6.07, 6.45) is 1.03. The van der Waals surface area contributed by atoms with Gasteiger partial charge in [-0.2, -0.15) is 0 Å². The Balaban J connectivity index is 1.98. The monoisotopic (exact) mass is 296 g/mol. The summed E-state index contributed by atoms with van der Waals surface area (Å²) in [6, 6.07) is 7.95. The van der Waals surface area contributed by atoms with Crippen molar-refractivity contribution in [3.63, 3.8) is 0 Å². The zero-order valence-corrected chi connectivity index (χ0v) is 12.7. The third kappa shape index (κ3) is 3.70. The summed E-state index contributed by atoms with van der Waals surface area (Å²) in [4.78, 5) is 0. The molecule has 1 unspecified atom stereocenters. The average Bonchev–Trinajstić information content (AvgIpc) is 2.84. The van der Waals surface area contributed by atoms with Gasteiger partial charge in [-0.1, -0.05) is 36.7 Å². The van der Waals surface area contributed by atoms with Gasteiger partial charge in [0, 0.05) is 16.8 Å². The Bertz CT molecular complexity index is 529. The molecule has 0 fully saturated rings. The normalized spacial score (nSPS) is 12.6. The molecule has 1 aromatic carbocycles. The van der Waals surface area contributed by atoms with E-state index >= 15 is 0 Å². The maximum atomic E-state index is 6.20. The molecule has 19 heavy (non-hydrogen) atoms. The first kappa shape index (κ1) is 14.3. The second-order valence-electron chi connectivity index (χ2n) is 4.29. The molecule has 0 spiro atoms. The van der Waals surface area contributed by atoms with Gasteiger partial charge in [-0.15, -0.1) is 16.9 Å². The number of tetrazole rings is 1. The van der Waals surface area contributed by atoms with Crippen LogP contribution >= 0.6 is 23.4 Å². The Morgan fingerprint density at radius 1 is 1.37 bits per heavy atom. The van der Waals surface area contributed by atoms with Crippen molar-refractivity contribution < 1.29 is 0 Å². The molecule has 2 rings (SSSR count). The highest BCUT2D eigenvalue weighted by Crippen LogP contribution is 2.34. The minimum absolute atomic E-state index is 0.320. The van der Waals surface area contributed by atoms with E-state index in [0.717, 1.165) is 35.1 Å². The van der Waals surface area contributed by atoms with E-state index in [2.05, 4.69) is 35.4 Å². The van der Waals surface area contributed by atoms with Crippen LogP contribution in [0.25, 0.3) is 0 Å². The molecule has 0 saturated carbocycles. The van der Waals surface area contributed by atoms with E-state index in [0.29, 0.717) is 5.25 Å². The molecule has 0 amide bonds. The molecule has 1 atom stereocenters. The average molecular weight is 297 g/mol. The number of hydrogen-bond acceptors (Lipinski definition) is 4. The molecule has 1 aromatic heterocycles. The van der Waals surface area contributed by atoms with Gasteiger partial charge in [0.2, 0.25) is 0 Å². The van der Waals surface area contributed by atoms with Crippen molar-refractivity contribution in [2.45, 2.75) is 37.8 Å². The van der Waals surface area contributed by atoms with E-state index < -0.39 is 0 Å². The Morgan fingerprint density at radius 3 is 2.89 bits per heavy atom. The van der Waals surface area contributed by atoms with Crippen molar-refractivity contribution in [1.82, 2.24) is 20.2 Å². The lowest BCUT2D eigenvalue weighted by Gasteiger charge is -2.12. The van der Waals surface area contributed by atoms with Gasteiger partial charge in [0.25, 0.3) is 0 Å². The van der Waals surface area contributed by atoms with Crippen molar-refractivity contribution in [2.24, 2.45) is 0 Å². The third-order valence-corrected chi connectivity index (χ3v) is 4.37. The zero-order chi connectivity index (χ0) is 13.7. The lowest BCUT2D eigenvalue weighted by atomic mass is 10.2. The van der Waals surface area contributed by atoms with Crippen LogP contribution in [0.15, 0.2) is 24.3 Å². The second kappa shape index (κ2) is 6.91. The number of aryl methyl sites for hydroxylation is 1. The van der Waals surface area contributed by atoms with Crippen LogP contribution in [-0.4, -0.2) is 20.2 Å². The summed E-state index contributed by atoms with van der Waals surface area (Å²) >= 11 is 8.00. The maximum Gasteiger partial charge on any atom is 0.161 e. The molecule has 0 radical (unpaired) electrons. The van der Waals surface area contributed by atoms with E-state index in [1.807, 2.05) is 22.9 Å². The zero-order valence-electron chi connectivity index (χ0n) is 11.1. The topological polar surface area (TPSA) is 43.6 Å². The molecule has 0 aliphatic carbocycles. The first-order valence-electron chi connectivity index (χ1n) is 6.33. The van der Waals surface area contributed by atoms with Gasteiger partial charge in [0.05, 0.1) is 5.75 Å². The summed E-state index contributed by atoms with van der Waals surface area (Å²) in [5, 5.41) is 12.9. The van der Waals surface area contributed by atoms with Crippen molar-refractivity contribution in [3.8, 4) is 0 Å². The van der Waals surface area contributed by atoms with Crippen LogP contribution in [0.2, 0.25) is 5.02 Å². The fraction of sp³-hybridized carbons (Fsp3) is 0.462. The molecular weight excluding hydrogens is 280 g/mol. The minimum atomic E-state index is 0.320.